The smallest absolute Gasteiger partial charge is 0.355 e. The topological polar surface area (TPSA) is 74.3 Å². The second-order valence-electron chi connectivity index (χ2n) is 5.74. The van der Waals surface area contributed by atoms with Crippen molar-refractivity contribution < 1.29 is 32.9 Å². The number of methoxy groups -OCH3 is 2. The van der Waals surface area contributed by atoms with Gasteiger partial charge in [0.15, 0.2) is 5.75 Å². The van der Waals surface area contributed by atoms with Crippen molar-refractivity contribution in [3.8, 4) is 11.5 Å². The molecule has 7 nitrogen and oxygen atoms in total. The normalized spacial score (nSPS) is 13.9. The third-order valence-electron chi connectivity index (χ3n) is 4.02. The molecular formula is C20H18FNO6. The zero-order chi connectivity index (χ0) is 20.1. The van der Waals surface area contributed by atoms with Gasteiger partial charge in [-0.2, -0.15) is 0 Å². The fourth-order valence-electron chi connectivity index (χ4n) is 2.74. The van der Waals surface area contributed by atoms with Gasteiger partial charge in [-0.05, 0) is 24.3 Å². The molecule has 0 saturated carbocycles. The molecule has 28 heavy (non-hydrogen) atoms. The molecule has 3 rings (SSSR count). The maximum absolute atomic E-state index is 14.0. The van der Waals surface area contributed by atoms with Gasteiger partial charge in [-0.25, -0.2) is 14.0 Å². The summed E-state index contributed by atoms with van der Waals surface area (Å²) in [6, 6.07) is 12.7. The van der Waals surface area contributed by atoms with Crippen LogP contribution in [0.15, 0.2) is 59.8 Å². The monoisotopic (exact) mass is 387 g/mol. The van der Waals surface area contributed by atoms with Crippen LogP contribution in [0.3, 0.4) is 0 Å². The molecular weight excluding hydrogens is 369 g/mol. The number of esters is 2. The average Bonchev–Trinajstić information content (AvgIpc) is 2.74. The van der Waals surface area contributed by atoms with E-state index in [0.717, 1.165) is 0 Å². The number of hydrogen-bond acceptors (Lipinski definition) is 7. The third kappa shape index (κ3) is 3.96. The first-order valence-corrected chi connectivity index (χ1v) is 8.32. The van der Waals surface area contributed by atoms with Crippen molar-refractivity contribution >= 4 is 17.6 Å². The molecule has 0 fully saturated rings. The Labute approximate surface area is 160 Å². The van der Waals surface area contributed by atoms with E-state index in [2.05, 4.69) is 0 Å². The molecule has 8 heteroatoms. The Morgan fingerprint density at radius 2 is 1.75 bits per heavy atom. The molecule has 0 spiro atoms. The quantitative estimate of drug-likeness (QED) is 0.730. The van der Waals surface area contributed by atoms with Crippen LogP contribution in [0.4, 0.5) is 10.1 Å². The largest absolute Gasteiger partial charge is 0.466 e. The maximum atomic E-state index is 14.0. The second-order valence-corrected chi connectivity index (χ2v) is 5.74. The van der Waals surface area contributed by atoms with E-state index in [4.69, 9.17) is 18.9 Å². The van der Waals surface area contributed by atoms with Gasteiger partial charge in [0, 0.05) is 6.07 Å². The summed E-state index contributed by atoms with van der Waals surface area (Å²) in [6.07, 6.45) is 0. The van der Waals surface area contributed by atoms with Crippen LogP contribution in [0.1, 0.15) is 0 Å². The van der Waals surface area contributed by atoms with Gasteiger partial charge in [-0.15, -0.1) is 0 Å². The van der Waals surface area contributed by atoms with Crippen molar-refractivity contribution in [2.24, 2.45) is 0 Å². The minimum atomic E-state index is -0.779. The summed E-state index contributed by atoms with van der Waals surface area (Å²) in [7, 11) is 2.38. The number of carbonyl (C=O) groups excluding carboxylic acids is 2. The number of halogens is 1. The molecule has 0 unspecified atom stereocenters. The fraction of sp³-hybridized carbons (Fsp3) is 0.200. The molecule has 1 heterocycles. The van der Waals surface area contributed by atoms with Gasteiger partial charge in [0.05, 0.1) is 32.1 Å². The van der Waals surface area contributed by atoms with E-state index in [1.165, 1.54) is 37.3 Å². The zero-order valence-electron chi connectivity index (χ0n) is 15.3. The molecule has 0 bridgehead atoms. The van der Waals surface area contributed by atoms with Gasteiger partial charge in [0.25, 0.3) is 0 Å². The standard InChI is InChI=1S/C20H18FNO6/c1-25-19(23)15-11-27-12-22(18(15)20(24)26-2)16-10-13(21)8-9-17(16)28-14-6-4-3-5-7-14/h3-10H,11-12H2,1-2H3. The van der Waals surface area contributed by atoms with E-state index in [1.54, 1.807) is 24.3 Å². The Balaban J connectivity index is 2.11. The van der Waals surface area contributed by atoms with E-state index in [-0.39, 0.29) is 36.0 Å². The fourth-order valence-corrected chi connectivity index (χ4v) is 2.74. The van der Waals surface area contributed by atoms with Crippen molar-refractivity contribution in [2.75, 3.05) is 32.5 Å². The Morgan fingerprint density at radius 3 is 2.43 bits per heavy atom. The van der Waals surface area contributed by atoms with Gasteiger partial charge in [-0.1, -0.05) is 18.2 Å². The Kier molecular flexibility index (Phi) is 5.90. The zero-order valence-corrected chi connectivity index (χ0v) is 15.3. The maximum Gasteiger partial charge on any atom is 0.355 e. The third-order valence-corrected chi connectivity index (χ3v) is 4.02. The highest BCUT2D eigenvalue weighted by atomic mass is 19.1. The van der Waals surface area contributed by atoms with Gasteiger partial charge in [0.1, 0.15) is 24.0 Å². The van der Waals surface area contributed by atoms with Crippen molar-refractivity contribution in [1.82, 2.24) is 0 Å². The number of ether oxygens (including phenoxy) is 4. The first-order chi connectivity index (χ1) is 13.5. The van der Waals surface area contributed by atoms with E-state index in [9.17, 15) is 14.0 Å². The number of rotatable bonds is 5. The molecule has 0 saturated heterocycles. The minimum Gasteiger partial charge on any atom is -0.466 e. The number of carbonyl (C=O) groups is 2. The molecule has 0 aromatic heterocycles. The summed E-state index contributed by atoms with van der Waals surface area (Å²) in [5.41, 5.74) is 0.0741. The summed E-state index contributed by atoms with van der Waals surface area (Å²) in [4.78, 5) is 25.9. The van der Waals surface area contributed by atoms with Crippen molar-refractivity contribution in [2.45, 2.75) is 0 Å². The first kappa shape index (κ1) is 19.4. The number of anilines is 1. The summed E-state index contributed by atoms with van der Waals surface area (Å²) in [5, 5.41) is 0. The Morgan fingerprint density at radius 1 is 1.04 bits per heavy atom. The summed E-state index contributed by atoms with van der Waals surface area (Å²) in [5.74, 6) is -1.29. The summed E-state index contributed by atoms with van der Waals surface area (Å²) in [6.45, 7) is -0.253. The summed E-state index contributed by atoms with van der Waals surface area (Å²) < 4.78 is 34.8. The highest BCUT2D eigenvalue weighted by Gasteiger charge is 2.34. The lowest BCUT2D eigenvalue weighted by atomic mass is 10.1. The predicted octanol–water partition coefficient (Wildman–Crippen LogP) is 3.01. The molecule has 1 aliphatic heterocycles. The van der Waals surface area contributed by atoms with Gasteiger partial charge in [-0.3, -0.25) is 0 Å². The lowest BCUT2D eigenvalue weighted by Gasteiger charge is -2.32. The lowest BCUT2D eigenvalue weighted by molar-refractivity contribution is -0.140. The van der Waals surface area contributed by atoms with Crippen LogP contribution in [0.5, 0.6) is 11.5 Å². The van der Waals surface area contributed by atoms with Crippen LogP contribution in [0.25, 0.3) is 0 Å². The Hall–Kier alpha value is -3.39. The van der Waals surface area contributed by atoms with Crippen molar-refractivity contribution in [1.29, 1.82) is 0 Å². The summed E-state index contributed by atoms with van der Waals surface area (Å²) >= 11 is 0. The van der Waals surface area contributed by atoms with Gasteiger partial charge >= 0.3 is 11.9 Å². The molecule has 0 aliphatic carbocycles. The first-order valence-electron chi connectivity index (χ1n) is 8.32. The average molecular weight is 387 g/mol. The number of benzene rings is 2. The van der Waals surface area contributed by atoms with Gasteiger partial charge in [0.2, 0.25) is 0 Å². The van der Waals surface area contributed by atoms with Crippen LogP contribution in [0.2, 0.25) is 0 Å². The van der Waals surface area contributed by atoms with Crippen molar-refractivity contribution in [3.05, 3.63) is 65.6 Å². The number of hydrogen-bond donors (Lipinski definition) is 0. The number of nitrogens with zero attached hydrogens (tertiary/aromatic N) is 1. The minimum absolute atomic E-state index is 0.0319. The Bertz CT molecular complexity index is 912. The van der Waals surface area contributed by atoms with Crippen molar-refractivity contribution in [3.63, 3.8) is 0 Å². The van der Waals surface area contributed by atoms with Crippen LogP contribution < -0.4 is 9.64 Å². The van der Waals surface area contributed by atoms with Gasteiger partial charge < -0.3 is 23.8 Å². The van der Waals surface area contributed by atoms with E-state index >= 15 is 0 Å². The predicted molar refractivity (Wildman–Crippen MR) is 97.3 cm³/mol. The molecule has 146 valence electrons. The SMILES string of the molecule is COC(=O)C1=C(C(=O)OC)N(c2cc(F)ccc2Oc2ccccc2)COC1. The lowest BCUT2D eigenvalue weighted by Crippen LogP contribution is -2.39. The van der Waals surface area contributed by atoms with Crippen LogP contribution in [-0.2, 0) is 23.8 Å². The van der Waals surface area contributed by atoms with E-state index < -0.39 is 17.8 Å². The highest BCUT2D eigenvalue weighted by molar-refractivity contribution is 6.03. The van der Waals surface area contributed by atoms with E-state index in [0.29, 0.717) is 5.75 Å². The molecule has 0 N–H and O–H groups in total. The molecule has 0 radical (unpaired) electrons. The van der Waals surface area contributed by atoms with Crippen LogP contribution in [-0.4, -0.2) is 39.5 Å². The molecule has 1 aliphatic rings. The second kappa shape index (κ2) is 8.53. The molecule has 2 aromatic rings. The molecule has 2 aromatic carbocycles. The van der Waals surface area contributed by atoms with E-state index in [1.807, 2.05) is 6.07 Å². The number of para-hydroxylation sites is 1. The molecule has 0 atom stereocenters. The highest BCUT2D eigenvalue weighted by Crippen LogP contribution is 2.37. The molecule has 0 amide bonds. The van der Waals surface area contributed by atoms with Crippen LogP contribution in [0, 0.1) is 5.82 Å². The van der Waals surface area contributed by atoms with Crippen LogP contribution >= 0.6 is 0 Å².